The molecular formula is C38H40F10O11. The van der Waals surface area contributed by atoms with Crippen LogP contribution in [0.5, 0.6) is 11.5 Å². The second-order valence-corrected chi connectivity index (χ2v) is 12.5. The fourth-order valence-corrected chi connectivity index (χ4v) is 3.87. The maximum atomic E-state index is 13.8. The van der Waals surface area contributed by atoms with E-state index in [9.17, 15) is 63.1 Å². The van der Waals surface area contributed by atoms with Crippen molar-refractivity contribution in [2.24, 2.45) is 10.8 Å². The van der Waals surface area contributed by atoms with E-state index in [2.05, 4.69) is 32.8 Å². The van der Waals surface area contributed by atoms with E-state index in [-0.39, 0.29) is 6.61 Å². The molecule has 1 atom stereocenters. The van der Waals surface area contributed by atoms with Gasteiger partial charge >= 0.3 is 24.2 Å². The van der Waals surface area contributed by atoms with Gasteiger partial charge in [0.05, 0.1) is 6.61 Å². The summed E-state index contributed by atoms with van der Waals surface area (Å²) in [4.78, 5) is 46.8. The lowest BCUT2D eigenvalue weighted by atomic mass is 9.92. The van der Waals surface area contributed by atoms with Gasteiger partial charge in [0.2, 0.25) is 69.7 Å². The lowest BCUT2D eigenvalue weighted by Crippen LogP contribution is -2.45. The lowest BCUT2D eigenvalue weighted by molar-refractivity contribution is -0.156. The number of benzene rings is 3. The zero-order chi connectivity index (χ0) is 46.0. The Morgan fingerprint density at radius 1 is 0.695 bits per heavy atom. The summed E-state index contributed by atoms with van der Waals surface area (Å²) in [6.45, 7) is 6.68. The minimum atomic E-state index is -2.40. The summed E-state index contributed by atoms with van der Waals surface area (Å²) >= 11 is 0. The van der Waals surface area contributed by atoms with Gasteiger partial charge in [-0.1, -0.05) is 70.8 Å². The van der Waals surface area contributed by atoms with Crippen molar-refractivity contribution < 1.29 is 97.6 Å². The van der Waals surface area contributed by atoms with Gasteiger partial charge in [-0.05, 0) is 19.4 Å². The highest BCUT2D eigenvalue weighted by atomic mass is 19.2. The number of cyclic esters (lactones) is 2. The zero-order valence-corrected chi connectivity index (χ0v) is 32.3. The summed E-state index contributed by atoms with van der Waals surface area (Å²) in [7, 11) is 1.16. The largest absolute Gasteiger partial charge is 0.508 e. The SMILES string of the molecule is CC1(C(=O)Oc2c(F)c(F)c(F)c(F)c2F)COC(=O)OC1.CCC.COCC(C)(COC(=O)OCc1ccccc1)C(=O)Oc1c(F)c(F)c(F)c(F)c1F.[3H]CCC. The molecule has 0 N–H and O–H groups in total. The Morgan fingerprint density at radius 2 is 1.10 bits per heavy atom. The summed E-state index contributed by atoms with van der Waals surface area (Å²) < 4.78 is 171. The van der Waals surface area contributed by atoms with Crippen LogP contribution in [0.1, 0.15) is 61.3 Å². The van der Waals surface area contributed by atoms with Gasteiger partial charge in [0, 0.05) is 8.48 Å². The van der Waals surface area contributed by atoms with E-state index < -0.39 is 131 Å². The smallest absolute Gasteiger partial charge is 0.433 e. The van der Waals surface area contributed by atoms with Gasteiger partial charge in [-0.25, -0.2) is 35.9 Å². The Bertz CT molecular complexity index is 1870. The van der Waals surface area contributed by atoms with Crippen molar-refractivity contribution in [2.45, 2.75) is 61.0 Å². The van der Waals surface area contributed by atoms with Gasteiger partial charge < -0.3 is 33.2 Å². The van der Waals surface area contributed by atoms with Crippen LogP contribution in [0.2, 0.25) is 0 Å². The molecule has 1 aliphatic heterocycles. The molecule has 0 aromatic heterocycles. The van der Waals surface area contributed by atoms with Crippen molar-refractivity contribution in [1.29, 1.82) is 0 Å². The molecule has 3 aromatic rings. The van der Waals surface area contributed by atoms with Crippen molar-refractivity contribution in [3.8, 4) is 11.5 Å². The van der Waals surface area contributed by atoms with Gasteiger partial charge in [0.1, 0.15) is 37.3 Å². The van der Waals surface area contributed by atoms with Gasteiger partial charge in [-0.15, -0.1) is 0 Å². The van der Waals surface area contributed by atoms with Crippen molar-refractivity contribution in [3.63, 3.8) is 0 Å². The van der Waals surface area contributed by atoms with Crippen LogP contribution < -0.4 is 9.47 Å². The summed E-state index contributed by atoms with van der Waals surface area (Å²) in [5.41, 5.74) is -2.86. The number of esters is 2. The van der Waals surface area contributed by atoms with E-state index in [0.717, 1.165) is 27.4 Å². The van der Waals surface area contributed by atoms with Crippen molar-refractivity contribution in [3.05, 3.63) is 94.1 Å². The predicted octanol–water partition coefficient (Wildman–Crippen LogP) is 9.59. The molecule has 3 aromatic carbocycles. The van der Waals surface area contributed by atoms with E-state index in [1.54, 1.807) is 30.3 Å². The first-order valence-corrected chi connectivity index (χ1v) is 17.0. The minimum Gasteiger partial charge on any atom is -0.433 e. The fraction of sp³-hybridized carbons (Fsp3) is 0.421. The molecule has 1 aliphatic rings. The quantitative estimate of drug-likeness (QED) is 0.0635. The second kappa shape index (κ2) is 23.7. The molecule has 0 amide bonds. The van der Waals surface area contributed by atoms with Gasteiger partial charge in [-0.3, -0.25) is 9.59 Å². The standard InChI is InChI=1S/C20H17F5O6.C12H7F5O5.2C3H8/c1-20(9-28-2,10-30-19(27)29-8-11-6-4-3-5-7-11)18(26)31-17-15(24)13(22)12(21)14(23)16(17)25;1-12(2-20-11(19)21-3-12)10(18)22-9-7(16)5(14)4(13)6(15)8(9)17;2*1-3-2/h3-7H,8-10H2,1-2H3;2-3H2,1H3;2*3H2,1-2H3/i;;1T;. The first-order valence-electron chi connectivity index (χ1n) is 17.7. The molecule has 0 bridgehead atoms. The van der Waals surface area contributed by atoms with Gasteiger partial charge in [-0.2, -0.15) is 17.6 Å². The molecule has 4 rings (SSSR count). The van der Waals surface area contributed by atoms with E-state index in [1.807, 2.05) is 6.92 Å². The molecule has 11 nitrogen and oxygen atoms in total. The third-order valence-electron chi connectivity index (χ3n) is 6.90. The highest BCUT2D eigenvalue weighted by molar-refractivity contribution is 5.81. The summed E-state index contributed by atoms with van der Waals surface area (Å²) in [5, 5.41) is 0. The Morgan fingerprint density at radius 3 is 1.51 bits per heavy atom. The molecule has 0 radical (unpaired) electrons. The monoisotopic (exact) mass is 864 g/mol. The van der Waals surface area contributed by atoms with Crippen LogP contribution in [0.15, 0.2) is 30.3 Å². The predicted molar refractivity (Wildman–Crippen MR) is 184 cm³/mol. The summed E-state index contributed by atoms with van der Waals surface area (Å²) in [6.07, 6.45) is -0.00304. The van der Waals surface area contributed by atoms with Crippen LogP contribution in [0.4, 0.5) is 53.5 Å². The molecule has 0 aliphatic carbocycles. The number of methoxy groups -OCH3 is 1. The van der Waals surface area contributed by atoms with Crippen molar-refractivity contribution >= 4 is 24.2 Å². The maximum Gasteiger partial charge on any atom is 0.508 e. The molecule has 1 fully saturated rings. The Kier molecular flexibility index (Phi) is 19.9. The number of hydrogen-bond donors (Lipinski definition) is 0. The zero-order valence-electron chi connectivity index (χ0n) is 33.3. The van der Waals surface area contributed by atoms with Crippen LogP contribution in [-0.4, -0.2) is 57.8 Å². The third kappa shape index (κ3) is 14.0. The van der Waals surface area contributed by atoms with Gasteiger partial charge in [0.25, 0.3) is 0 Å². The highest BCUT2D eigenvalue weighted by Crippen LogP contribution is 2.33. The van der Waals surface area contributed by atoms with Gasteiger partial charge in [0.15, 0.2) is 0 Å². The molecular weight excluding hydrogens is 822 g/mol. The molecule has 0 saturated carbocycles. The molecule has 1 unspecified atom stereocenters. The second-order valence-electron chi connectivity index (χ2n) is 12.5. The Labute approximate surface area is 332 Å². The molecule has 328 valence electrons. The number of hydrogen-bond acceptors (Lipinski definition) is 11. The fourth-order valence-electron chi connectivity index (χ4n) is 3.87. The van der Waals surface area contributed by atoms with Crippen LogP contribution in [-0.2, 0) is 39.9 Å². The Hall–Kier alpha value is -5.60. The summed E-state index contributed by atoms with van der Waals surface area (Å²) in [6, 6.07) is 8.56. The molecule has 21 heteroatoms. The number of carbonyl (C=O) groups is 4. The molecule has 0 spiro atoms. The topological polar surface area (TPSA) is 133 Å². The Balaban J connectivity index is 0.000000539. The average molecular weight is 865 g/mol. The van der Waals surface area contributed by atoms with Crippen LogP contribution in [0.25, 0.3) is 0 Å². The molecule has 1 heterocycles. The highest BCUT2D eigenvalue weighted by Gasteiger charge is 2.44. The average Bonchev–Trinajstić information content (AvgIpc) is 3.24. The van der Waals surface area contributed by atoms with E-state index >= 15 is 0 Å². The first-order chi connectivity index (χ1) is 28.1. The van der Waals surface area contributed by atoms with E-state index in [1.165, 1.54) is 6.42 Å². The first kappa shape index (κ1) is 49.5. The minimum absolute atomic E-state index is 0.129. The van der Waals surface area contributed by atoms with Crippen LogP contribution in [0, 0.1) is 69.0 Å². The normalized spacial score (nSPS) is 13.8. The number of halogens is 10. The van der Waals surface area contributed by atoms with E-state index in [0.29, 0.717) is 12.5 Å². The lowest BCUT2D eigenvalue weighted by Gasteiger charge is -2.29. The van der Waals surface area contributed by atoms with E-state index in [4.69, 9.17) is 15.6 Å². The third-order valence-corrected chi connectivity index (χ3v) is 6.90. The number of rotatable bonds is 10. The molecule has 59 heavy (non-hydrogen) atoms. The van der Waals surface area contributed by atoms with Crippen LogP contribution >= 0.6 is 0 Å². The maximum absolute atomic E-state index is 13.8. The number of carbonyl (C=O) groups excluding carboxylic acids is 4. The van der Waals surface area contributed by atoms with Crippen molar-refractivity contribution in [2.75, 3.05) is 33.5 Å². The summed E-state index contributed by atoms with van der Waals surface area (Å²) in [5.74, 6) is -29.4. The molecule has 1 saturated heterocycles. The van der Waals surface area contributed by atoms with Crippen molar-refractivity contribution in [1.82, 2.24) is 0 Å². The number of ether oxygens (including phenoxy) is 7. The van der Waals surface area contributed by atoms with Crippen LogP contribution in [0.3, 0.4) is 0 Å².